The summed E-state index contributed by atoms with van der Waals surface area (Å²) in [5.41, 5.74) is 0.902. The van der Waals surface area contributed by atoms with Crippen LogP contribution in [0.25, 0.3) is 0 Å². The molecule has 0 bridgehead atoms. The number of carbonyl (C=O) groups is 1. The lowest BCUT2D eigenvalue weighted by Gasteiger charge is -2.16. The SMILES string of the molecule is N#C/C=C/S(=O)(=O)c1ccc(C2(C(=O)NCc3ccc(F)cc3)CC2)cc1. The molecule has 27 heavy (non-hydrogen) atoms. The molecule has 138 valence electrons. The number of allylic oxidation sites excluding steroid dienone is 1. The minimum absolute atomic E-state index is 0.0697. The summed E-state index contributed by atoms with van der Waals surface area (Å²) in [6, 6.07) is 13.7. The highest BCUT2D eigenvalue weighted by molar-refractivity contribution is 7.94. The number of rotatable bonds is 6. The Labute approximate surface area is 157 Å². The largest absolute Gasteiger partial charge is 0.351 e. The molecule has 1 aliphatic carbocycles. The van der Waals surface area contributed by atoms with Crippen LogP contribution in [-0.2, 0) is 26.6 Å². The number of hydrogen-bond acceptors (Lipinski definition) is 4. The molecule has 2 aromatic carbocycles. The lowest BCUT2D eigenvalue weighted by Crippen LogP contribution is -2.34. The molecule has 7 heteroatoms. The number of carbonyl (C=O) groups excluding carboxylic acids is 1. The van der Waals surface area contributed by atoms with Gasteiger partial charge < -0.3 is 5.32 Å². The van der Waals surface area contributed by atoms with E-state index < -0.39 is 15.3 Å². The molecule has 2 aromatic rings. The first kappa shape index (κ1) is 18.8. The van der Waals surface area contributed by atoms with Crippen molar-refractivity contribution in [2.75, 3.05) is 0 Å². The molecule has 3 rings (SSSR count). The van der Waals surface area contributed by atoms with E-state index in [1.165, 1.54) is 24.3 Å². The van der Waals surface area contributed by atoms with E-state index >= 15 is 0 Å². The summed E-state index contributed by atoms with van der Waals surface area (Å²) in [5.74, 6) is -0.463. The minimum atomic E-state index is -3.67. The Kier molecular flexibility index (Phi) is 5.10. The molecule has 1 fully saturated rings. The maximum absolute atomic E-state index is 12.9. The molecule has 0 spiro atoms. The number of benzene rings is 2. The van der Waals surface area contributed by atoms with Crippen LogP contribution in [0.3, 0.4) is 0 Å². The Morgan fingerprint density at radius 2 is 1.78 bits per heavy atom. The van der Waals surface area contributed by atoms with Crippen molar-refractivity contribution in [1.29, 1.82) is 5.26 Å². The first-order valence-corrected chi connectivity index (χ1v) is 9.87. The summed E-state index contributed by atoms with van der Waals surface area (Å²) in [5, 5.41) is 12.2. The summed E-state index contributed by atoms with van der Waals surface area (Å²) >= 11 is 0. The van der Waals surface area contributed by atoms with Crippen LogP contribution in [-0.4, -0.2) is 14.3 Å². The fourth-order valence-electron chi connectivity index (χ4n) is 2.89. The van der Waals surface area contributed by atoms with Crippen molar-refractivity contribution in [3.05, 3.63) is 77.0 Å². The highest BCUT2D eigenvalue weighted by Gasteiger charge is 2.51. The number of nitriles is 1. The monoisotopic (exact) mass is 384 g/mol. The van der Waals surface area contributed by atoms with Gasteiger partial charge in [0, 0.05) is 18.0 Å². The molecule has 1 saturated carbocycles. The molecule has 1 aliphatic rings. The zero-order valence-corrected chi connectivity index (χ0v) is 15.2. The van der Waals surface area contributed by atoms with E-state index in [1.54, 1.807) is 30.3 Å². The van der Waals surface area contributed by atoms with Gasteiger partial charge in [-0.2, -0.15) is 5.26 Å². The third-order valence-electron chi connectivity index (χ3n) is 4.61. The second-order valence-corrected chi connectivity index (χ2v) is 8.23. The van der Waals surface area contributed by atoms with E-state index in [0.29, 0.717) is 19.4 Å². The van der Waals surface area contributed by atoms with Crippen molar-refractivity contribution in [2.24, 2.45) is 0 Å². The van der Waals surface area contributed by atoms with Gasteiger partial charge in [0.2, 0.25) is 15.7 Å². The Morgan fingerprint density at radius 1 is 1.15 bits per heavy atom. The summed E-state index contributed by atoms with van der Waals surface area (Å²) in [6.07, 6.45) is 2.28. The Bertz CT molecular complexity index is 1020. The first-order chi connectivity index (χ1) is 12.9. The highest BCUT2D eigenvalue weighted by atomic mass is 32.2. The van der Waals surface area contributed by atoms with Gasteiger partial charge in [-0.3, -0.25) is 4.79 Å². The van der Waals surface area contributed by atoms with Crippen LogP contribution in [0.15, 0.2) is 64.9 Å². The third-order valence-corrected chi connectivity index (χ3v) is 6.03. The summed E-state index contributed by atoms with van der Waals surface area (Å²) in [4.78, 5) is 12.7. The van der Waals surface area contributed by atoms with Gasteiger partial charge in [0.15, 0.2) is 0 Å². The molecule has 5 nitrogen and oxygen atoms in total. The molecule has 0 saturated heterocycles. The zero-order valence-electron chi connectivity index (χ0n) is 14.4. The van der Waals surface area contributed by atoms with E-state index in [4.69, 9.17) is 5.26 Å². The maximum atomic E-state index is 12.9. The van der Waals surface area contributed by atoms with Gasteiger partial charge in [-0.15, -0.1) is 0 Å². The second-order valence-electron chi connectivity index (χ2n) is 6.39. The first-order valence-electron chi connectivity index (χ1n) is 8.32. The lowest BCUT2D eigenvalue weighted by atomic mass is 9.95. The Hall–Kier alpha value is -2.98. The lowest BCUT2D eigenvalue weighted by molar-refractivity contribution is -0.123. The molecule has 0 atom stereocenters. The number of sulfone groups is 1. The summed E-state index contributed by atoms with van der Waals surface area (Å²) in [7, 11) is -3.67. The minimum Gasteiger partial charge on any atom is -0.351 e. The Balaban J connectivity index is 1.72. The summed E-state index contributed by atoms with van der Waals surface area (Å²) in [6.45, 7) is 0.298. The number of hydrogen-bond donors (Lipinski definition) is 1. The van der Waals surface area contributed by atoms with E-state index in [2.05, 4.69) is 5.32 Å². The van der Waals surface area contributed by atoms with Crippen LogP contribution in [0.2, 0.25) is 0 Å². The fraction of sp³-hybridized carbons (Fsp3) is 0.200. The van der Waals surface area contributed by atoms with Crippen molar-refractivity contribution in [3.63, 3.8) is 0 Å². The predicted octanol–water partition coefficient (Wildman–Crippen LogP) is 2.98. The molecule has 0 unspecified atom stereocenters. The van der Waals surface area contributed by atoms with Crippen molar-refractivity contribution >= 4 is 15.7 Å². The van der Waals surface area contributed by atoms with Crippen LogP contribution in [0.1, 0.15) is 24.0 Å². The van der Waals surface area contributed by atoms with E-state index in [-0.39, 0.29) is 16.6 Å². The standard InChI is InChI=1S/C20H17FN2O3S/c21-17-6-2-15(3-7-17)14-23-19(24)20(10-11-20)16-4-8-18(9-5-16)27(25,26)13-1-12-22/h1-9,13H,10-11,14H2,(H,23,24)/b13-1+. The smallest absolute Gasteiger partial charge is 0.230 e. The van der Waals surface area contributed by atoms with Gasteiger partial charge in [-0.1, -0.05) is 24.3 Å². The molecule has 0 aromatic heterocycles. The number of halogens is 1. The average Bonchev–Trinajstić information content (AvgIpc) is 3.48. The van der Waals surface area contributed by atoms with Crippen molar-refractivity contribution in [1.82, 2.24) is 5.32 Å². The molecule has 0 radical (unpaired) electrons. The van der Waals surface area contributed by atoms with E-state index in [0.717, 1.165) is 22.6 Å². The van der Waals surface area contributed by atoms with Crippen molar-refractivity contribution in [2.45, 2.75) is 29.7 Å². The molecular formula is C20H17FN2O3S. The average molecular weight is 384 g/mol. The highest BCUT2D eigenvalue weighted by Crippen LogP contribution is 2.48. The van der Waals surface area contributed by atoms with Gasteiger partial charge in [0.05, 0.1) is 16.4 Å². The molecule has 1 N–H and O–H groups in total. The van der Waals surface area contributed by atoms with Crippen LogP contribution >= 0.6 is 0 Å². The van der Waals surface area contributed by atoms with Gasteiger partial charge in [0.1, 0.15) is 5.82 Å². The number of amides is 1. The van der Waals surface area contributed by atoms with Crippen LogP contribution in [0.4, 0.5) is 4.39 Å². The predicted molar refractivity (Wildman–Crippen MR) is 97.5 cm³/mol. The topological polar surface area (TPSA) is 87.0 Å². The van der Waals surface area contributed by atoms with E-state index in [9.17, 15) is 17.6 Å². The number of nitrogens with zero attached hydrogens (tertiary/aromatic N) is 1. The summed E-state index contributed by atoms with van der Waals surface area (Å²) < 4.78 is 37.0. The molecule has 0 aliphatic heterocycles. The second kappa shape index (κ2) is 7.33. The van der Waals surface area contributed by atoms with Gasteiger partial charge in [0.25, 0.3) is 0 Å². The van der Waals surface area contributed by atoms with Crippen molar-refractivity contribution in [3.8, 4) is 6.07 Å². The van der Waals surface area contributed by atoms with Gasteiger partial charge in [-0.25, -0.2) is 12.8 Å². The Morgan fingerprint density at radius 3 is 2.33 bits per heavy atom. The maximum Gasteiger partial charge on any atom is 0.230 e. The molecule has 0 heterocycles. The number of nitrogens with one attached hydrogen (secondary N) is 1. The van der Waals surface area contributed by atoms with Gasteiger partial charge >= 0.3 is 0 Å². The third kappa shape index (κ3) is 4.07. The normalized spacial score (nSPS) is 15.3. The van der Waals surface area contributed by atoms with Crippen LogP contribution < -0.4 is 5.32 Å². The fourth-order valence-corrected chi connectivity index (χ4v) is 3.80. The van der Waals surface area contributed by atoms with Gasteiger partial charge in [-0.05, 0) is 48.2 Å². The van der Waals surface area contributed by atoms with Crippen molar-refractivity contribution < 1.29 is 17.6 Å². The van der Waals surface area contributed by atoms with Crippen LogP contribution in [0, 0.1) is 17.1 Å². The quantitative estimate of drug-likeness (QED) is 0.776. The molecular weight excluding hydrogens is 367 g/mol. The van der Waals surface area contributed by atoms with E-state index in [1.807, 2.05) is 0 Å². The van der Waals surface area contributed by atoms with Crippen LogP contribution in [0.5, 0.6) is 0 Å². The zero-order chi connectivity index (χ0) is 19.5. The molecule has 1 amide bonds.